The average Bonchev–Trinajstić information content (AvgIpc) is 3.17. The number of allylic oxidation sites excluding steroid dienone is 1. The SMILES string of the molecule is C=C1N(Cc2nc3ccccc3n2N)C2CCCCC2C1(CC)CC.CC. The summed E-state index contributed by atoms with van der Waals surface area (Å²) in [6, 6.07) is 8.71. The molecule has 1 aromatic carbocycles. The predicted octanol–water partition coefficient (Wildman–Crippen LogP) is 5.47. The summed E-state index contributed by atoms with van der Waals surface area (Å²) in [6.45, 7) is 14.0. The number of para-hydroxylation sites is 2. The van der Waals surface area contributed by atoms with Crippen LogP contribution in [0.4, 0.5) is 0 Å². The Hall–Kier alpha value is -1.97. The molecule has 148 valence electrons. The van der Waals surface area contributed by atoms with Crippen LogP contribution in [-0.2, 0) is 6.54 Å². The van der Waals surface area contributed by atoms with Crippen molar-refractivity contribution in [3.63, 3.8) is 0 Å². The highest BCUT2D eigenvalue weighted by molar-refractivity contribution is 5.75. The van der Waals surface area contributed by atoms with E-state index < -0.39 is 0 Å². The lowest BCUT2D eigenvalue weighted by Gasteiger charge is -2.37. The number of likely N-dealkylation sites (tertiary alicyclic amines) is 1. The van der Waals surface area contributed by atoms with E-state index in [2.05, 4.69) is 25.3 Å². The Bertz CT molecular complexity index is 787. The van der Waals surface area contributed by atoms with E-state index in [1.807, 2.05) is 38.1 Å². The van der Waals surface area contributed by atoms with Gasteiger partial charge in [-0.1, -0.05) is 59.2 Å². The number of hydrogen-bond acceptors (Lipinski definition) is 3. The normalized spacial score (nSPS) is 23.9. The summed E-state index contributed by atoms with van der Waals surface area (Å²) >= 11 is 0. The first kappa shape index (κ1) is 19.8. The summed E-state index contributed by atoms with van der Waals surface area (Å²) in [5.41, 5.74) is 3.56. The van der Waals surface area contributed by atoms with E-state index in [1.165, 1.54) is 44.2 Å². The van der Waals surface area contributed by atoms with Gasteiger partial charge in [0.1, 0.15) is 5.82 Å². The topological polar surface area (TPSA) is 47.1 Å². The molecule has 2 aliphatic rings. The maximum absolute atomic E-state index is 6.36. The molecule has 0 amide bonds. The zero-order valence-corrected chi connectivity index (χ0v) is 17.5. The van der Waals surface area contributed by atoms with Crippen molar-refractivity contribution < 1.29 is 0 Å². The standard InChI is InChI=1S/C21H30N4.C2H6/c1-4-21(5-2)15(3)24(18-12-8-6-10-16(18)21)14-20-23-17-11-7-9-13-19(17)25(20)22;1-2/h7,9,11,13,16,18H,3-6,8,10,12,14,22H2,1-2H3;1-2H3. The minimum absolute atomic E-state index is 0.260. The highest BCUT2D eigenvalue weighted by Gasteiger charge is 2.53. The van der Waals surface area contributed by atoms with Gasteiger partial charge in [0.05, 0.1) is 17.6 Å². The van der Waals surface area contributed by atoms with Gasteiger partial charge in [0.25, 0.3) is 0 Å². The summed E-state index contributed by atoms with van der Waals surface area (Å²) < 4.78 is 1.76. The van der Waals surface area contributed by atoms with E-state index in [0.717, 1.165) is 29.3 Å². The molecule has 2 N–H and O–H groups in total. The molecular weight excluding hydrogens is 332 g/mol. The maximum atomic E-state index is 6.36. The minimum Gasteiger partial charge on any atom is -0.364 e. The number of aromatic nitrogens is 2. The van der Waals surface area contributed by atoms with Crippen LogP contribution in [0.15, 0.2) is 36.5 Å². The number of imidazole rings is 1. The lowest BCUT2D eigenvalue weighted by atomic mass is 9.66. The highest BCUT2D eigenvalue weighted by atomic mass is 15.4. The molecule has 2 heterocycles. The van der Waals surface area contributed by atoms with Gasteiger partial charge in [-0.2, -0.15) is 0 Å². The van der Waals surface area contributed by atoms with Gasteiger partial charge in [0.15, 0.2) is 0 Å². The van der Waals surface area contributed by atoms with Crippen LogP contribution in [0.5, 0.6) is 0 Å². The lowest BCUT2D eigenvalue weighted by Crippen LogP contribution is -2.36. The second-order valence-electron chi connectivity index (χ2n) is 7.78. The third kappa shape index (κ3) is 3.03. The molecule has 1 saturated carbocycles. The maximum Gasteiger partial charge on any atom is 0.147 e. The number of fused-ring (bicyclic) bond motifs is 2. The second-order valence-corrected chi connectivity index (χ2v) is 7.78. The quantitative estimate of drug-likeness (QED) is 0.728. The molecule has 0 radical (unpaired) electrons. The monoisotopic (exact) mass is 368 g/mol. The molecule has 1 saturated heterocycles. The van der Waals surface area contributed by atoms with Gasteiger partial charge >= 0.3 is 0 Å². The molecule has 2 atom stereocenters. The Morgan fingerprint density at radius 3 is 2.48 bits per heavy atom. The number of hydrogen-bond donors (Lipinski definition) is 1. The number of benzene rings is 1. The van der Waals surface area contributed by atoms with Gasteiger partial charge in [-0.25, -0.2) is 9.66 Å². The summed E-state index contributed by atoms with van der Waals surface area (Å²) in [5, 5.41) is 0. The van der Waals surface area contributed by atoms with Crippen molar-refractivity contribution in [1.82, 2.24) is 14.6 Å². The van der Waals surface area contributed by atoms with Crippen LogP contribution < -0.4 is 5.84 Å². The van der Waals surface area contributed by atoms with E-state index >= 15 is 0 Å². The first-order valence-electron chi connectivity index (χ1n) is 10.8. The van der Waals surface area contributed by atoms with E-state index in [-0.39, 0.29) is 5.41 Å². The van der Waals surface area contributed by atoms with E-state index in [0.29, 0.717) is 6.04 Å². The van der Waals surface area contributed by atoms with Gasteiger partial charge in [-0.05, 0) is 43.7 Å². The Morgan fingerprint density at radius 2 is 1.81 bits per heavy atom. The Labute approximate surface area is 164 Å². The summed E-state index contributed by atoms with van der Waals surface area (Å²) in [7, 11) is 0. The average molecular weight is 369 g/mol. The van der Waals surface area contributed by atoms with E-state index in [1.54, 1.807) is 4.68 Å². The zero-order chi connectivity index (χ0) is 19.6. The molecule has 1 aliphatic carbocycles. The summed E-state index contributed by atoms with van der Waals surface area (Å²) in [6.07, 6.45) is 7.65. The molecule has 1 aliphatic heterocycles. The first-order valence-corrected chi connectivity index (χ1v) is 10.8. The fourth-order valence-electron chi connectivity index (χ4n) is 5.58. The Balaban J connectivity index is 0.00000102. The number of nitrogens with zero attached hydrogens (tertiary/aromatic N) is 3. The van der Waals surface area contributed by atoms with Crippen molar-refractivity contribution in [2.24, 2.45) is 11.3 Å². The van der Waals surface area contributed by atoms with Crippen LogP contribution in [0.3, 0.4) is 0 Å². The first-order chi connectivity index (χ1) is 13.1. The van der Waals surface area contributed by atoms with Gasteiger partial charge < -0.3 is 10.7 Å². The van der Waals surface area contributed by atoms with Crippen molar-refractivity contribution >= 4 is 11.0 Å². The fraction of sp³-hybridized carbons (Fsp3) is 0.609. The van der Waals surface area contributed by atoms with Crippen LogP contribution in [0.25, 0.3) is 11.0 Å². The fourth-order valence-corrected chi connectivity index (χ4v) is 5.58. The molecule has 2 aromatic rings. The third-order valence-electron chi connectivity index (χ3n) is 7.00. The van der Waals surface area contributed by atoms with Crippen LogP contribution >= 0.6 is 0 Å². The molecule has 27 heavy (non-hydrogen) atoms. The Kier molecular flexibility index (Phi) is 5.83. The van der Waals surface area contributed by atoms with Crippen molar-refractivity contribution in [2.75, 3.05) is 5.84 Å². The van der Waals surface area contributed by atoms with Crippen LogP contribution in [-0.4, -0.2) is 20.6 Å². The van der Waals surface area contributed by atoms with Crippen molar-refractivity contribution in [3.05, 3.63) is 42.4 Å². The number of nitrogens with two attached hydrogens (primary N) is 1. The van der Waals surface area contributed by atoms with E-state index in [4.69, 9.17) is 10.8 Å². The minimum atomic E-state index is 0.260. The largest absolute Gasteiger partial charge is 0.364 e. The molecule has 0 bridgehead atoms. The number of nitrogen functional groups attached to an aromatic ring is 1. The molecule has 2 fully saturated rings. The molecule has 4 rings (SSSR count). The lowest BCUT2D eigenvalue weighted by molar-refractivity contribution is 0.143. The molecular formula is C23H36N4. The van der Waals surface area contributed by atoms with Gasteiger partial charge in [0.2, 0.25) is 0 Å². The summed E-state index contributed by atoms with van der Waals surface area (Å²) in [4.78, 5) is 7.35. The third-order valence-corrected chi connectivity index (χ3v) is 7.00. The number of rotatable bonds is 4. The van der Waals surface area contributed by atoms with Crippen LogP contribution in [0.1, 0.15) is 72.0 Å². The van der Waals surface area contributed by atoms with Crippen molar-refractivity contribution in [1.29, 1.82) is 0 Å². The predicted molar refractivity (Wildman–Crippen MR) is 115 cm³/mol. The van der Waals surface area contributed by atoms with Crippen molar-refractivity contribution in [3.8, 4) is 0 Å². The smallest absolute Gasteiger partial charge is 0.147 e. The molecule has 4 nitrogen and oxygen atoms in total. The van der Waals surface area contributed by atoms with Crippen LogP contribution in [0, 0.1) is 11.3 Å². The molecule has 2 unspecified atom stereocenters. The molecule has 0 spiro atoms. The zero-order valence-electron chi connectivity index (χ0n) is 17.5. The second kappa shape index (κ2) is 7.95. The summed E-state index contributed by atoms with van der Waals surface area (Å²) in [5.74, 6) is 8.04. The Morgan fingerprint density at radius 1 is 1.15 bits per heavy atom. The molecule has 4 heteroatoms. The highest BCUT2D eigenvalue weighted by Crippen LogP contribution is 2.57. The van der Waals surface area contributed by atoms with Crippen LogP contribution in [0.2, 0.25) is 0 Å². The van der Waals surface area contributed by atoms with Gasteiger partial charge in [-0.3, -0.25) is 0 Å². The molecule has 1 aromatic heterocycles. The van der Waals surface area contributed by atoms with Gasteiger partial charge in [-0.15, -0.1) is 0 Å². The van der Waals surface area contributed by atoms with Gasteiger partial charge in [0, 0.05) is 17.2 Å². The van der Waals surface area contributed by atoms with E-state index in [9.17, 15) is 0 Å². The van der Waals surface area contributed by atoms with Crippen molar-refractivity contribution in [2.45, 2.75) is 78.8 Å².